The van der Waals surface area contributed by atoms with Crippen LogP contribution in [0.1, 0.15) is 93.6 Å². The first-order valence-electron chi connectivity index (χ1n) is 13.0. The number of nitrogens with zero attached hydrogens (tertiary/aromatic N) is 1. The summed E-state index contributed by atoms with van der Waals surface area (Å²) in [7, 11) is 0. The van der Waals surface area contributed by atoms with Crippen LogP contribution in [0.5, 0.6) is 0 Å². The van der Waals surface area contributed by atoms with Gasteiger partial charge in [-0.2, -0.15) is 0 Å². The van der Waals surface area contributed by atoms with Crippen molar-refractivity contribution in [3.8, 4) is 0 Å². The van der Waals surface area contributed by atoms with Gasteiger partial charge in [-0.25, -0.2) is 0 Å². The van der Waals surface area contributed by atoms with Crippen molar-refractivity contribution in [2.45, 2.75) is 71.9 Å². The van der Waals surface area contributed by atoms with E-state index >= 15 is 0 Å². The number of benzene rings is 2. The molecule has 2 N–H and O–H groups in total. The Labute approximate surface area is 225 Å². The van der Waals surface area contributed by atoms with Crippen LogP contribution in [-0.2, 0) is 9.59 Å². The minimum atomic E-state index is -0.951. The van der Waals surface area contributed by atoms with Crippen molar-refractivity contribution in [1.29, 1.82) is 0 Å². The number of rotatable bonds is 9. The predicted molar refractivity (Wildman–Crippen MR) is 150 cm³/mol. The Bertz CT molecular complexity index is 1220. The van der Waals surface area contributed by atoms with Gasteiger partial charge in [0.15, 0.2) is 5.76 Å². The van der Waals surface area contributed by atoms with E-state index in [0.29, 0.717) is 23.1 Å². The Hall–Kier alpha value is -3.87. The summed E-state index contributed by atoms with van der Waals surface area (Å²) < 4.78 is 5.15. The summed E-state index contributed by atoms with van der Waals surface area (Å²) in [6.07, 6.45) is 1.40. The number of nitrogens with one attached hydrogen (secondary N) is 2. The molecule has 0 bridgehead atoms. The van der Waals surface area contributed by atoms with Crippen molar-refractivity contribution in [2.75, 3.05) is 11.4 Å². The third-order valence-corrected chi connectivity index (χ3v) is 6.18. The monoisotopic (exact) mass is 517 g/mol. The van der Waals surface area contributed by atoms with Crippen molar-refractivity contribution >= 4 is 23.4 Å². The summed E-state index contributed by atoms with van der Waals surface area (Å²) >= 11 is 0. The molecule has 0 saturated heterocycles. The molecule has 0 spiro atoms. The SMILES string of the molecule is CC(C)c1ccc([C@@H](C(=O)NC(C)(C)C)N(C(=O)CNC(=O)c2ccco2)c2ccc(C(C)C)cc2)cc1. The van der Waals surface area contributed by atoms with Gasteiger partial charge < -0.3 is 15.1 Å². The minimum Gasteiger partial charge on any atom is -0.459 e. The first kappa shape index (κ1) is 28.7. The molecule has 1 heterocycles. The van der Waals surface area contributed by atoms with Gasteiger partial charge in [0.05, 0.1) is 12.8 Å². The Morgan fingerprint density at radius 1 is 0.816 bits per heavy atom. The maximum absolute atomic E-state index is 13.8. The van der Waals surface area contributed by atoms with Crippen LogP contribution in [-0.4, -0.2) is 29.8 Å². The van der Waals surface area contributed by atoms with Crippen molar-refractivity contribution in [2.24, 2.45) is 0 Å². The number of hydrogen-bond acceptors (Lipinski definition) is 4. The molecule has 0 radical (unpaired) electrons. The molecule has 0 fully saturated rings. The van der Waals surface area contributed by atoms with Crippen LogP contribution in [0.4, 0.5) is 5.69 Å². The molecule has 0 aliphatic rings. The number of furan rings is 1. The van der Waals surface area contributed by atoms with Crippen molar-refractivity contribution in [3.63, 3.8) is 0 Å². The normalized spacial score (nSPS) is 12.3. The van der Waals surface area contributed by atoms with E-state index < -0.39 is 23.4 Å². The molecule has 3 aromatic rings. The van der Waals surface area contributed by atoms with Crippen LogP contribution >= 0.6 is 0 Å². The van der Waals surface area contributed by atoms with E-state index in [9.17, 15) is 14.4 Å². The van der Waals surface area contributed by atoms with Gasteiger partial charge in [0.1, 0.15) is 6.04 Å². The standard InChI is InChI=1S/C31H39N3O4/c1-20(2)22-10-12-24(13-11-22)28(30(37)33-31(5,6)7)34(25-16-14-23(15-17-25)21(3)4)27(35)19-32-29(36)26-9-8-18-38-26/h8-18,20-21,28H,19H2,1-7H3,(H,32,36)(H,33,37)/t28-/m0/s1. The molecule has 0 saturated carbocycles. The Kier molecular flexibility index (Phi) is 9.15. The molecule has 202 valence electrons. The van der Waals surface area contributed by atoms with Gasteiger partial charge in [0.2, 0.25) is 11.8 Å². The third-order valence-electron chi connectivity index (χ3n) is 6.18. The highest BCUT2D eigenvalue weighted by molar-refractivity contribution is 6.04. The highest BCUT2D eigenvalue weighted by Crippen LogP contribution is 2.31. The van der Waals surface area contributed by atoms with Gasteiger partial charge in [-0.1, -0.05) is 64.1 Å². The molecule has 3 rings (SSSR count). The molecule has 3 amide bonds. The van der Waals surface area contributed by atoms with Crippen LogP contribution < -0.4 is 15.5 Å². The average molecular weight is 518 g/mol. The lowest BCUT2D eigenvalue weighted by atomic mass is 9.96. The zero-order valence-corrected chi connectivity index (χ0v) is 23.4. The first-order chi connectivity index (χ1) is 17.9. The molecule has 1 aromatic heterocycles. The summed E-state index contributed by atoms with van der Waals surface area (Å²) in [5.41, 5.74) is 2.97. The van der Waals surface area contributed by atoms with Crippen LogP contribution in [0, 0.1) is 0 Å². The van der Waals surface area contributed by atoms with Gasteiger partial charge in [0, 0.05) is 11.2 Å². The summed E-state index contributed by atoms with van der Waals surface area (Å²) in [5, 5.41) is 5.67. The molecular weight excluding hydrogens is 478 g/mol. The Morgan fingerprint density at radius 2 is 1.34 bits per heavy atom. The quantitative estimate of drug-likeness (QED) is 0.367. The third kappa shape index (κ3) is 7.34. The van der Waals surface area contributed by atoms with E-state index in [4.69, 9.17) is 4.42 Å². The molecule has 7 heteroatoms. The van der Waals surface area contributed by atoms with Crippen molar-refractivity contribution in [3.05, 3.63) is 89.4 Å². The summed E-state index contributed by atoms with van der Waals surface area (Å²) in [6.45, 7) is 13.8. The summed E-state index contributed by atoms with van der Waals surface area (Å²) in [5.74, 6) is -0.501. The first-order valence-corrected chi connectivity index (χ1v) is 13.0. The fraction of sp³-hybridized carbons (Fsp3) is 0.387. The maximum Gasteiger partial charge on any atom is 0.287 e. The molecule has 0 aliphatic carbocycles. The lowest BCUT2D eigenvalue weighted by Gasteiger charge is -2.34. The van der Waals surface area contributed by atoms with E-state index in [1.54, 1.807) is 6.07 Å². The lowest BCUT2D eigenvalue weighted by Crippen LogP contribution is -2.51. The minimum absolute atomic E-state index is 0.108. The number of anilines is 1. The van der Waals surface area contributed by atoms with Crippen LogP contribution in [0.2, 0.25) is 0 Å². The van der Waals surface area contributed by atoms with Crippen molar-refractivity contribution < 1.29 is 18.8 Å². The smallest absolute Gasteiger partial charge is 0.287 e. The van der Waals surface area contributed by atoms with Crippen molar-refractivity contribution in [1.82, 2.24) is 10.6 Å². The second kappa shape index (κ2) is 12.1. The maximum atomic E-state index is 13.8. The van der Waals surface area contributed by atoms with Gasteiger partial charge in [-0.05, 0) is 73.6 Å². The second-order valence-electron chi connectivity index (χ2n) is 11.1. The van der Waals surface area contributed by atoms with E-state index in [0.717, 1.165) is 11.1 Å². The highest BCUT2D eigenvalue weighted by Gasteiger charge is 2.34. The summed E-state index contributed by atoms with van der Waals surface area (Å²) in [4.78, 5) is 41.6. The van der Waals surface area contributed by atoms with Gasteiger partial charge >= 0.3 is 0 Å². The fourth-order valence-electron chi connectivity index (χ4n) is 4.11. The zero-order valence-electron chi connectivity index (χ0n) is 23.4. The molecule has 2 aromatic carbocycles. The fourth-order valence-corrected chi connectivity index (χ4v) is 4.11. The van der Waals surface area contributed by atoms with Crippen LogP contribution in [0.3, 0.4) is 0 Å². The van der Waals surface area contributed by atoms with E-state index in [2.05, 4.69) is 38.3 Å². The molecule has 1 atom stereocenters. The molecule has 7 nitrogen and oxygen atoms in total. The highest BCUT2D eigenvalue weighted by atomic mass is 16.3. The van der Waals surface area contributed by atoms with Crippen LogP contribution in [0.25, 0.3) is 0 Å². The lowest BCUT2D eigenvalue weighted by molar-refractivity contribution is -0.127. The van der Waals surface area contributed by atoms with Gasteiger partial charge in [0.25, 0.3) is 5.91 Å². The number of amides is 3. The van der Waals surface area contributed by atoms with E-state index in [1.807, 2.05) is 69.3 Å². The Morgan fingerprint density at radius 3 is 1.82 bits per heavy atom. The predicted octanol–water partition coefficient (Wildman–Crippen LogP) is 5.95. The molecular formula is C31H39N3O4. The Balaban J connectivity index is 2.06. The van der Waals surface area contributed by atoms with Gasteiger partial charge in [-0.15, -0.1) is 0 Å². The van der Waals surface area contributed by atoms with E-state index in [1.165, 1.54) is 17.2 Å². The summed E-state index contributed by atoms with van der Waals surface area (Å²) in [6, 6.07) is 17.6. The van der Waals surface area contributed by atoms with Crippen LogP contribution in [0.15, 0.2) is 71.3 Å². The topological polar surface area (TPSA) is 91.7 Å². The zero-order chi connectivity index (χ0) is 28.0. The number of hydrogen-bond donors (Lipinski definition) is 2. The largest absolute Gasteiger partial charge is 0.459 e. The number of carbonyl (C=O) groups excluding carboxylic acids is 3. The number of carbonyl (C=O) groups is 3. The average Bonchev–Trinajstić information content (AvgIpc) is 3.40. The molecule has 0 unspecified atom stereocenters. The molecule has 38 heavy (non-hydrogen) atoms. The second-order valence-corrected chi connectivity index (χ2v) is 11.1. The van der Waals surface area contributed by atoms with E-state index in [-0.39, 0.29) is 18.2 Å². The van der Waals surface area contributed by atoms with Gasteiger partial charge in [-0.3, -0.25) is 19.3 Å². The molecule has 0 aliphatic heterocycles.